The Morgan fingerprint density at radius 3 is 2.46 bits per heavy atom. The van der Waals surface area contributed by atoms with E-state index in [9.17, 15) is 4.79 Å². The maximum Gasteiger partial charge on any atom is 0.230 e. The van der Waals surface area contributed by atoms with Crippen LogP contribution in [0, 0.1) is 31.6 Å². The Kier molecular flexibility index (Phi) is 4.49. The topological polar surface area (TPSA) is 59.8 Å². The quantitative estimate of drug-likeness (QED) is 0.774. The van der Waals surface area contributed by atoms with Crippen molar-refractivity contribution < 1.29 is 4.79 Å². The van der Waals surface area contributed by atoms with Crippen molar-refractivity contribution in [1.29, 1.82) is 0 Å². The van der Waals surface area contributed by atoms with Crippen LogP contribution in [0.5, 0.6) is 0 Å². The number of rotatable bonds is 5. The van der Waals surface area contributed by atoms with Crippen molar-refractivity contribution in [3.05, 3.63) is 35.7 Å². The molecule has 1 aromatic heterocycles. The van der Waals surface area contributed by atoms with Gasteiger partial charge in [-0.3, -0.25) is 9.36 Å². The predicted molar refractivity (Wildman–Crippen MR) is 111 cm³/mol. The number of carbonyl (C=O) groups is 1. The van der Waals surface area contributed by atoms with Crippen molar-refractivity contribution >= 4 is 17.7 Å². The maximum atomic E-state index is 12.8. The minimum Gasteiger partial charge on any atom is -0.350 e. The number of nitrogens with one attached hydrogen (secondary N) is 1. The van der Waals surface area contributed by atoms with Gasteiger partial charge in [-0.25, -0.2) is 0 Å². The van der Waals surface area contributed by atoms with Crippen LogP contribution in [0.25, 0.3) is 5.69 Å². The standard InChI is InChI=1S/C22H28N4OS/c1-14-4-3-5-19(6-14)26-15(2)24-25-21(26)28-13-20(27)23-22-10-16-7-17(11-22)9-18(8-16)12-22/h3-6,16-18H,7-13H2,1-2H3,(H,23,27). The molecule has 6 heteroatoms. The molecule has 1 N–H and O–H groups in total. The van der Waals surface area contributed by atoms with E-state index in [-0.39, 0.29) is 11.4 Å². The largest absolute Gasteiger partial charge is 0.350 e. The second kappa shape index (κ2) is 6.90. The van der Waals surface area contributed by atoms with Crippen LogP contribution < -0.4 is 5.32 Å². The number of benzene rings is 1. The van der Waals surface area contributed by atoms with E-state index in [2.05, 4.69) is 40.6 Å². The van der Waals surface area contributed by atoms with E-state index >= 15 is 0 Å². The molecule has 0 saturated heterocycles. The molecule has 5 nitrogen and oxygen atoms in total. The van der Waals surface area contributed by atoms with Crippen LogP contribution >= 0.6 is 11.8 Å². The summed E-state index contributed by atoms with van der Waals surface area (Å²) < 4.78 is 2.04. The van der Waals surface area contributed by atoms with E-state index in [4.69, 9.17) is 0 Å². The first-order chi connectivity index (χ1) is 13.5. The zero-order chi connectivity index (χ0) is 19.3. The Balaban J connectivity index is 1.27. The summed E-state index contributed by atoms with van der Waals surface area (Å²) in [5.41, 5.74) is 2.32. The Bertz CT molecular complexity index is 870. The Labute approximate surface area is 170 Å². The molecule has 6 rings (SSSR count). The van der Waals surface area contributed by atoms with E-state index in [1.165, 1.54) is 55.9 Å². The van der Waals surface area contributed by atoms with Gasteiger partial charge in [0.05, 0.1) is 5.75 Å². The van der Waals surface area contributed by atoms with Crippen LogP contribution in [0.4, 0.5) is 0 Å². The number of amides is 1. The van der Waals surface area contributed by atoms with Crippen molar-refractivity contribution in [3.63, 3.8) is 0 Å². The summed E-state index contributed by atoms with van der Waals surface area (Å²) in [6, 6.07) is 8.30. The molecule has 0 spiro atoms. The van der Waals surface area contributed by atoms with Gasteiger partial charge >= 0.3 is 0 Å². The minimum absolute atomic E-state index is 0.0759. The predicted octanol–water partition coefficient (Wildman–Crippen LogP) is 4.06. The zero-order valence-corrected chi connectivity index (χ0v) is 17.5. The molecule has 2 aromatic rings. The van der Waals surface area contributed by atoms with Crippen LogP contribution in [0.3, 0.4) is 0 Å². The number of nitrogens with zero attached hydrogens (tertiary/aromatic N) is 3. The van der Waals surface area contributed by atoms with Crippen molar-refractivity contribution in [2.45, 2.75) is 63.1 Å². The summed E-state index contributed by atoms with van der Waals surface area (Å²) in [6.07, 6.45) is 7.74. The Morgan fingerprint density at radius 1 is 1.14 bits per heavy atom. The van der Waals surface area contributed by atoms with E-state index in [0.717, 1.165) is 34.4 Å². The molecule has 4 fully saturated rings. The van der Waals surface area contributed by atoms with Crippen LogP contribution in [-0.2, 0) is 4.79 Å². The van der Waals surface area contributed by atoms with Gasteiger partial charge in [0.1, 0.15) is 5.82 Å². The van der Waals surface area contributed by atoms with Gasteiger partial charge in [-0.2, -0.15) is 0 Å². The van der Waals surface area contributed by atoms with Gasteiger partial charge in [0.15, 0.2) is 5.16 Å². The molecule has 0 atom stereocenters. The second-order valence-corrected chi connectivity index (χ2v) is 10.2. The Morgan fingerprint density at radius 2 is 1.82 bits per heavy atom. The Hall–Kier alpha value is -1.82. The summed E-state index contributed by atoms with van der Waals surface area (Å²) in [6.45, 7) is 4.03. The SMILES string of the molecule is Cc1cccc(-n2c(C)nnc2SCC(=O)NC23CC4CC(CC(C4)C2)C3)c1. The third-order valence-electron chi connectivity index (χ3n) is 6.83. The minimum atomic E-state index is 0.0759. The van der Waals surface area contributed by atoms with Gasteiger partial charge in [-0.1, -0.05) is 23.9 Å². The highest BCUT2D eigenvalue weighted by atomic mass is 32.2. The lowest BCUT2D eigenvalue weighted by Crippen LogP contribution is -2.60. The normalized spacial score (nSPS) is 30.6. The molecule has 28 heavy (non-hydrogen) atoms. The van der Waals surface area contributed by atoms with Gasteiger partial charge in [0.2, 0.25) is 5.91 Å². The van der Waals surface area contributed by atoms with Crippen molar-refractivity contribution in [2.75, 3.05) is 5.75 Å². The smallest absolute Gasteiger partial charge is 0.230 e. The molecule has 1 heterocycles. The van der Waals surface area contributed by atoms with Crippen LogP contribution in [0.1, 0.15) is 49.9 Å². The fraction of sp³-hybridized carbons (Fsp3) is 0.591. The highest BCUT2D eigenvalue weighted by Crippen LogP contribution is 2.55. The van der Waals surface area contributed by atoms with Crippen LogP contribution in [0.15, 0.2) is 29.4 Å². The maximum absolute atomic E-state index is 12.8. The molecule has 1 aromatic carbocycles. The molecule has 148 valence electrons. The summed E-state index contributed by atoms with van der Waals surface area (Å²) in [5, 5.41) is 12.8. The highest BCUT2D eigenvalue weighted by molar-refractivity contribution is 7.99. The fourth-order valence-electron chi connectivity index (χ4n) is 6.23. The number of hydrogen-bond acceptors (Lipinski definition) is 4. The first-order valence-corrected chi connectivity index (χ1v) is 11.4. The number of thioether (sulfide) groups is 1. The summed E-state index contributed by atoms with van der Waals surface area (Å²) in [7, 11) is 0. The summed E-state index contributed by atoms with van der Waals surface area (Å²) >= 11 is 1.48. The van der Waals surface area contributed by atoms with Crippen LogP contribution in [-0.4, -0.2) is 32.0 Å². The first kappa shape index (κ1) is 18.2. The summed E-state index contributed by atoms with van der Waals surface area (Å²) in [5.74, 6) is 3.90. The molecule has 4 aliphatic rings. The molecular weight excluding hydrogens is 368 g/mol. The number of carbonyl (C=O) groups excluding carboxylic acids is 1. The lowest BCUT2D eigenvalue weighted by atomic mass is 9.53. The van der Waals surface area contributed by atoms with Crippen molar-refractivity contribution in [1.82, 2.24) is 20.1 Å². The monoisotopic (exact) mass is 396 g/mol. The van der Waals surface area contributed by atoms with Crippen molar-refractivity contribution in [2.24, 2.45) is 17.8 Å². The molecule has 4 aliphatic carbocycles. The van der Waals surface area contributed by atoms with Crippen LogP contribution in [0.2, 0.25) is 0 Å². The molecule has 0 unspecified atom stereocenters. The number of hydrogen-bond donors (Lipinski definition) is 1. The molecule has 4 bridgehead atoms. The molecular formula is C22H28N4OS. The first-order valence-electron chi connectivity index (χ1n) is 10.4. The summed E-state index contributed by atoms with van der Waals surface area (Å²) in [4.78, 5) is 12.8. The third-order valence-corrected chi connectivity index (χ3v) is 7.76. The third kappa shape index (κ3) is 3.36. The second-order valence-electron chi connectivity index (χ2n) is 9.24. The van der Waals surface area contributed by atoms with Gasteiger partial charge in [-0.15, -0.1) is 10.2 Å². The average Bonchev–Trinajstić information content (AvgIpc) is 2.99. The zero-order valence-electron chi connectivity index (χ0n) is 16.6. The number of aromatic nitrogens is 3. The van der Waals surface area contributed by atoms with Gasteiger partial charge in [0.25, 0.3) is 0 Å². The van der Waals surface area contributed by atoms with E-state index in [1.807, 2.05) is 17.6 Å². The molecule has 0 aliphatic heterocycles. The average molecular weight is 397 g/mol. The lowest BCUT2D eigenvalue weighted by Gasteiger charge is -2.56. The molecule has 1 amide bonds. The van der Waals surface area contributed by atoms with Gasteiger partial charge in [0, 0.05) is 11.2 Å². The molecule has 0 radical (unpaired) electrons. The fourth-order valence-corrected chi connectivity index (χ4v) is 7.02. The van der Waals surface area contributed by atoms with Crippen molar-refractivity contribution in [3.8, 4) is 5.69 Å². The van der Waals surface area contributed by atoms with E-state index in [0.29, 0.717) is 5.75 Å². The van der Waals surface area contributed by atoms with Gasteiger partial charge in [-0.05, 0) is 87.8 Å². The molecule has 4 saturated carbocycles. The van der Waals surface area contributed by atoms with E-state index in [1.54, 1.807) is 0 Å². The van der Waals surface area contributed by atoms with E-state index < -0.39 is 0 Å². The van der Waals surface area contributed by atoms with Gasteiger partial charge < -0.3 is 5.32 Å². The highest BCUT2D eigenvalue weighted by Gasteiger charge is 2.51. The number of aryl methyl sites for hydroxylation is 2. The lowest BCUT2D eigenvalue weighted by molar-refractivity contribution is -0.124.